The highest BCUT2D eigenvalue weighted by atomic mass is 16.4. The number of nitrogens with one attached hydrogen (secondary N) is 1. The Kier molecular flexibility index (Phi) is 6.02. The van der Waals surface area contributed by atoms with Crippen LogP contribution in [0.25, 0.3) is 0 Å². The molecule has 1 aromatic carbocycles. The summed E-state index contributed by atoms with van der Waals surface area (Å²) >= 11 is 0. The molecule has 0 spiro atoms. The standard InChI is InChI=1S/C16H25NO3/c1-10(2)5-14(16(19)20)9-17-8-13-6-11(3)15(18)12(4)7-13/h6-7,10,14,17-18H,5,8-9H2,1-4H3,(H,19,20). The summed E-state index contributed by atoms with van der Waals surface area (Å²) in [5, 5.41) is 22.1. The Hall–Kier alpha value is -1.55. The molecule has 112 valence electrons. The molecular weight excluding hydrogens is 254 g/mol. The highest BCUT2D eigenvalue weighted by molar-refractivity contribution is 5.70. The van der Waals surface area contributed by atoms with E-state index >= 15 is 0 Å². The molecule has 4 heteroatoms. The van der Waals surface area contributed by atoms with Crippen molar-refractivity contribution in [3.8, 4) is 5.75 Å². The Morgan fingerprint density at radius 1 is 1.25 bits per heavy atom. The van der Waals surface area contributed by atoms with E-state index in [-0.39, 0.29) is 5.92 Å². The van der Waals surface area contributed by atoms with Crippen LogP contribution in [0.4, 0.5) is 0 Å². The SMILES string of the molecule is Cc1cc(CNCC(CC(C)C)C(=O)O)cc(C)c1O. The van der Waals surface area contributed by atoms with Crippen molar-refractivity contribution in [3.63, 3.8) is 0 Å². The third-order valence-corrected chi connectivity index (χ3v) is 3.38. The highest BCUT2D eigenvalue weighted by Crippen LogP contribution is 2.22. The first-order valence-corrected chi connectivity index (χ1v) is 7.03. The summed E-state index contributed by atoms with van der Waals surface area (Å²) in [6.07, 6.45) is 0.677. The van der Waals surface area contributed by atoms with E-state index < -0.39 is 5.97 Å². The lowest BCUT2D eigenvalue weighted by Gasteiger charge is -2.16. The Labute approximate surface area is 120 Å². The van der Waals surface area contributed by atoms with Crippen molar-refractivity contribution in [2.75, 3.05) is 6.54 Å². The monoisotopic (exact) mass is 279 g/mol. The third-order valence-electron chi connectivity index (χ3n) is 3.38. The zero-order chi connectivity index (χ0) is 15.3. The van der Waals surface area contributed by atoms with E-state index in [2.05, 4.69) is 5.32 Å². The van der Waals surface area contributed by atoms with Gasteiger partial charge < -0.3 is 15.5 Å². The van der Waals surface area contributed by atoms with Gasteiger partial charge in [0.2, 0.25) is 0 Å². The molecule has 0 aromatic heterocycles. The van der Waals surface area contributed by atoms with Gasteiger partial charge in [0.05, 0.1) is 5.92 Å². The zero-order valence-electron chi connectivity index (χ0n) is 12.7. The van der Waals surface area contributed by atoms with Gasteiger partial charge in [-0.25, -0.2) is 0 Å². The largest absolute Gasteiger partial charge is 0.507 e. The van der Waals surface area contributed by atoms with Gasteiger partial charge in [-0.2, -0.15) is 0 Å². The van der Waals surface area contributed by atoms with Gasteiger partial charge in [0, 0.05) is 13.1 Å². The predicted octanol–water partition coefficient (Wildman–Crippen LogP) is 2.85. The summed E-state index contributed by atoms with van der Waals surface area (Å²) in [7, 11) is 0. The van der Waals surface area contributed by atoms with E-state index in [4.69, 9.17) is 0 Å². The van der Waals surface area contributed by atoms with Gasteiger partial charge in [-0.3, -0.25) is 4.79 Å². The molecule has 0 radical (unpaired) electrons. The molecular formula is C16H25NO3. The number of phenolic OH excluding ortho intramolecular Hbond substituents is 1. The first-order valence-electron chi connectivity index (χ1n) is 7.03. The second kappa shape index (κ2) is 7.29. The van der Waals surface area contributed by atoms with Crippen molar-refractivity contribution < 1.29 is 15.0 Å². The normalized spacial score (nSPS) is 12.7. The number of aryl methyl sites for hydroxylation is 2. The number of hydrogen-bond acceptors (Lipinski definition) is 3. The minimum Gasteiger partial charge on any atom is -0.507 e. The van der Waals surface area contributed by atoms with Crippen LogP contribution in [-0.4, -0.2) is 22.7 Å². The molecule has 0 amide bonds. The van der Waals surface area contributed by atoms with E-state index in [1.54, 1.807) is 0 Å². The van der Waals surface area contributed by atoms with Crippen molar-refractivity contribution in [1.82, 2.24) is 5.32 Å². The van der Waals surface area contributed by atoms with Gasteiger partial charge >= 0.3 is 5.97 Å². The summed E-state index contributed by atoms with van der Waals surface area (Å²) in [5.74, 6) is -0.397. The average molecular weight is 279 g/mol. The number of hydrogen-bond donors (Lipinski definition) is 3. The fraction of sp³-hybridized carbons (Fsp3) is 0.562. The Balaban J connectivity index is 2.57. The number of carboxylic acid groups (broad SMARTS) is 1. The summed E-state index contributed by atoms with van der Waals surface area (Å²) < 4.78 is 0. The maximum atomic E-state index is 11.2. The van der Waals surface area contributed by atoms with Crippen LogP contribution in [-0.2, 0) is 11.3 Å². The molecule has 4 nitrogen and oxygen atoms in total. The van der Waals surface area contributed by atoms with Gasteiger partial charge in [-0.05, 0) is 42.9 Å². The summed E-state index contributed by atoms with van der Waals surface area (Å²) in [6, 6.07) is 3.85. The maximum Gasteiger partial charge on any atom is 0.307 e. The molecule has 1 unspecified atom stereocenters. The zero-order valence-corrected chi connectivity index (χ0v) is 12.7. The van der Waals surface area contributed by atoms with Gasteiger partial charge in [-0.15, -0.1) is 0 Å². The van der Waals surface area contributed by atoms with E-state index in [0.717, 1.165) is 16.7 Å². The number of aromatic hydroxyl groups is 1. The minimum atomic E-state index is -0.746. The minimum absolute atomic E-state index is 0.331. The lowest BCUT2D eigenvalue weighted by atomic mass is 9.97. The Morgan fingerprint density at radius 3 is 2.25 bits per heavy atom. The molecule has 1 atom stereocenters. The van der Waals surface area contributed by atoms with Crippen LogP contribution in [0.2, 0.25) is 0 Å². The number of carbonyl (C=O) groups is 1. The molecule has 0 aliphatic rings. The van der Waals surface area contributed by atoms with E-state index in [9.17, 15) is 15.0 Å². The van der Waals surface area contributed by atoms with Crippen LogP contribution >= 0.6 is 0 Å². The summed E-state index contributed by atoms with van der Waals surface area (Å²) in [5.41, 5.74) is 2.75. The van der Waals surface area contributed by atoms with Gasteiger partial charge in [0.25, 0.3) is 0 Å². The summed E-state index contributed by atoms with van der Waals surface area (Å²) in [6.45, 7) is 8.87. The second-order valence-electron chi connectivity index (χ2n) is 5.87. The quantitative estimate of drug-likeness (QED) is 0.718. The van der Waals surface area contributed by atoms with Crippen LogP contribution in [0.3, 0.4) is 0 Å². The molecule has 20 heavy (non-hydrogen) atoms. The lowest BCUT2D eigenvalue weighted by Crippen LogP contribution is -2.29. The van der Waals surface area contributed by atoms with Gasteiger partial charge in [0.15, 0.2) is 0 Å². The first-order chi connectivity index (χ1) is 9.31. The average Bonchev–Trinajstić information content (AvgIpc) is 2.34. The number of carboxylic acids is 1. The van der Waals surface area contributed by atoms with Crippen molar-refractivity contribution in [3.05, 3.63) is 28.8 Å². The van der Waals surface area contributed by atoms with Crippen molar-refractivity contribution in [2.24, 2.45) is 11.8 Å². The number of aliphatic carboxylic acids is 1. The lowest BCUT2D eigenvalue weighted by molar-refractivity contribution is -0.142. The fourth-order valence-electron chi connectivity index (χ4n) is 2.38. The van der Waals surface area contributed by atoms with Crippen LogP contribution in [0.15, 0.2) is 12.1 Å². The maximum absolute atomic E-state index is 11.2. The smallest absolute Gasteiger partial charge is 0.307 e. The second-order valence-corrected chi connectivity index (χ2v) is 5.87. The number of rotatable bonds is 7. The number of phenols is 1. The molecule has 0 fully saturated rings. The predicted molar refractivity (Wildman–Crippen MR) is 79.9 cm³/mol. The van der Waals surface area contributed by atoms with E-state index in [1.807, 2.05) is 39.8 Å². The third kappa shape index (κ3) is 4.85. The molecule has 1 aromatic rings. The molecule has 0 bridgehead atoms. The molecule has 0 aliphatic heterocycles. The van der Waals surface area contributed by atoms with Crippen LogP contribution in [0, 0.1) is 25.7 Å². The molecule has 0 heterocycles. The number of benzene rings is 1. The topological polar surface area (TPSA) is 69.6 Å². The molecule has 3 N–H and O–H groups in total. The molecule has 0 saturated heterocycles. The Bertz CT molecular complexity index is 446. The van der Waals surface area contributed by atoms with Crippen molar-refractivity contribution in [2.45, 2.75) is 40.7 Å². The van der Waals surface area contributed by atoms with Crippen LogP contribution < -0.4 is 5.32 Å². The van der Waals surface area contributed by atoms with Crippen molar-refractivity contribution >= 4 is 5.97 Å². The molecule has 0 saturated carbocycles. The first kappa shape index (κ1) is 16.5. The fourth-order valence-corrected chi connectivity index (χ4v) is 2.38. The van der Waals surface area contributed by atoms with Gasteiger partial charge in [-0.1, -0.05) is 26.0 Å². The van der Waals surface area contributed by atoms with E-state index in [1.165, 1.54) is 0 Å². The molecule has 0 aliphatic carbocycles. The van der Waals surface area contributed by atoms with E-state index in [0.29, 0.717) is 31.2 Å². The van der Waals surface area contributed by atoms with Crippen LogP contribution in [0.5, 0.6) is 5.75 Å². The summed E-state index contributed by atoms with van der Waals surface area (Å²) in [4.78, 5) is 11.2. The molecule has 1 rings (SSSR count). The highest BCUT2D eigenvalue weighted by Gasteiger charge is 2.18. The Morgan fingerprint density at radius 2 is 1.80 bits per heavy atom. The van der Waals surface area contributed by atoms with Crippen molar-refractivity contribution in [1.29, 1.82) is 0 Å². The van der Waals surface area contributed by atoms with Gasteiger partial charge in [0.1, 0.15) is 5.75 Å². The van der Waals surface area contributed by atoms with Crippen LogP contribution in [0.1, 0.15) is 37.0 Å².